The summed E-state index contributed by atoms with van der Waals surface area (Å²) in [7, 11) is 0. The van der Waals surface area contributed by atoms with Crippen LogP contribution in [0.1, 0.15) is 49.3 Å². The van der Waals surface area contributed by atoms with Crippen molar-refractivity contribution in [3.63, 3.8) is 0 Å². The third kappa shape index (κ3) is 2.59. The van der Waals surface area contributed by atoms with Crippen LogP contribution >= 0.6 is 0 Å². The third-order valence-electron chi connectivity index (χ3n) is 4.92. The second kappa shape index (κ2) is 5.57. The van der Waals surface area contributed by atoms with Gasteiger partial charge in [-0.05, 0) is 25.3 Å². The molecule has 2 fully saturated rings. The molecule has 3 nitrogen and oxygen atoms in total. The summed E-state index contributed by atoms with van der Waals surface area (Å²) in [6, 6.07) is 8.86. The van der Waals surface area contributed by atoms with Gasteiger partial charge in [0.15, 0.2) is 0 Å². The van der Waals surface area contributed by atoms with E-state index in [1.807, 2.05) is 0 Å². The zero-order chi connectivity index (χ0) is 14.1. The molecular weight excluding hydrogens is 248 g/mol. The average Bonchev–Trinajstić information content (AvgIpc) is 3.07. The van der Waals surface area contributed by atoms with Crippen molar-refractivity contribution < 1.29 is 4.79 Å². The Morgan fingerprint density at radius 3 is 2.50 bits per heavy atom. The Bertz CT molecular complexity index is 476. The summed E-state index contributed by atoms with van der Waals surface area (Å²) >= 11 is 0. The van der Waals surface area contributed by atoms with Gasteiger partial charge in [-0.2, -0.15) is 0 Å². The summed E-state index contributed by atoms with van der Waals surface area (Å²) in [6.07, 6.45) is 5.51. The highest BCUT2D eigenvalue weighted by Gasteiger charge is 2.38. The van der Waals surface area contributed by atoms with Crippen molar-refractivity contribution in [2.45, 2.75) is 51.1 Å². The van der Waals surface area contributed by atoms with Crippen LogP contribution in [0.5, 0.6) is 0 Å². The molecule has 1 saturated heterocycles. The van der Waals surface area contributed by atoms with Crippen LogP contribution in [0.15, 0.2) is 24.3 Å². The first-order valence-electron chi connectivity index (χ1n) is 7.77. The zero-order valence-electron chi connectivity index (χ0n) is 12.2. The molecule has 2 atom stereocenters. The van der Waals surface area contributed by atoms with Crippen LogP contribution in [0, 0.1) is 12.8 Å². The molecule has 1 saturated carbocycles. The topological polar surface area (TPSA) is 46.3 Å². The highest BCUT2D eigenvalue weighted by Crippen LogP contribution is 2.34. The average molecular weight is 272 g/mol. The van der Waals surface area contributed by atoms with Gasteiger partial charge in [-0.15, -0.1) is 0 Å². The van der Waals surface area contributed by atoms with E-state index in [0.717, 1.165) is 12.1 Å². The Balaban J connectivity index is 1.69. The molecular formula is C17H24N2O. The van der Waals surface area contributed by atoms with E-state index < -0.39 is 0 Å². The van der Waals surface area contributed by atoms with E-state index in [9.17, 15) is 4.79 Å². The lowest BCUT2D eigenvalue weighted by atomic mass is 9.92. The van der Waals surface area contributed by atoms with Crippen LogP contribution in [0.4, 0.5) is 0 Å². The van der Waals surface area contributed by atoms with Crippen molar-refractivity contribution in [1.29, 1.82) is 0 Å². The standard InChI is InChI=1S/C17H24N2O/c1-12-6-8-13(9-7-12)17(18)14-10-16(20)19(11-14)15-4-2-3-5-15/h6-9,14-15,17H,2-5,10-11,18H2,1H3. The van der Waals surface area contributed by atoms with Crippen LogP contribution in [0.25, 0.3) is 0 Å². The number of benzene rings is 1. The van der Waals surface area contributed by atoms with Crippen LogP contribution in [-0.2, 0) is 4.79 Å². The van der Waals surface area contributed by atoms with Gasteiger partial charge in [-0.3, -0.25) is 4.79 Å². The Labute approximate surface area is 121 Å². The van der Waals surface area contributed by atoms with Gasteiger partial charge in [-0.25, -0.2) is 0 Å². The third-order valence-corrected chi connectivity index (χ3v) is 4.92. The number of rotatable bonds is 3. The van der Waals surface area contributed by atoms with Crippen molar-refractivity contribution in [2.75, 3.05) is 6.54 Å². The van der Waals surface area contributed by atoms with Gasteiger partial charge < -0.3 is 10.6 Å². The molecule has 1 aliphatic carbocycles. The number of carbonyl (C=O) groups excluding carboxylic acids is 1. The number of aryl methyl sites for hydroxylation is 1. The molecule has 2 N–H and O–H groups in total. The summed E-state index contributed by atoms with van der Waals surface area (Å²) < 4.78 is 0. The molecule has 1 heterocycles. The summed E-state index contributed by atoms with van der Waals surface area (Å²) in [5.74, 6) is 0.579. The minimum Gasteiger partial charge on any atom is -0.339 e. The molecule has 108 valence electrons. The van der Waals surface area contributed by atoms with E-state index in [-0.39, 0.29) is 12.0 Å². The lowest BCUT2D eigenvalue weighted by molar-refractivity contribution is -0.129. The number of nitrogens with zero attached hydrogens (tertiary/aromatic N) is 1. The number of hydrogen-bond acceptors (Lipinski definition) is 2. The number of hydrogen-bond donors (Lipinski definition) is 1. The van der Waals surface area contributed by atoms with E-state index in [0.29, 0.717) is 18.4 Å². The lowest BCUT2D eigenvalue weighted by Gasteiger charge is -2.25. The maximum atomic E-state index is 12.2. The fraction of sp³-hybridized carbons (Fsp3) is 0.588. The normalized spacial score (nSPS) is 25.4. The van der Waals surface area contributed by atoms with Gasteiger partial charge >= 0.3 is 0 Å². The fourth-order valence-corrected chi connectivity index (χ4v) is 3.63. The molecule has 0 radical (unpaired) electrons. The first-order chi connectivity index (χ1) is 9.65. The molecule has 1 aromatic carbocycles. The van der Waals surface area contributed by atoms with Crippen LogP contribution in [0.2, 0.25) is 0 Å². The van der Waals surface area contributed by atoms with Crippen molar-refractivity contribution >= 4 is 5.91 Å². The molecule has 3 rings (SSSR count). The minimum absolute atomic E-state index is 0.0223. The predicted molar refractivity (Wildman–Crippen MR) is 80.2 cm³/mol. The van der Waals surface area contributed by atoms with Gasteiger partial charge in [0.05, 0.1) is 0 Å². The van der Waals surface area contributed by atoms with Crippen LogP contribution in [0.3, 0.4) is 0 Å². The highest BCUT2D eigenvalue weighted by atomic mass is 16.2. The first-order valence-corrected chi connectivity index (χ1v) is 7.77. The predicted octanol–water partition coefficient (Wildman–Crippen LogP) is 2.79. The Morgan fingerprint density at radius 1 is 1.20 bits per heavy atom. The van der Waals surface area contributed by atoms with E-state index in [4.69, 9.17) is 5.73 Å². The van der Waals surface area contributed by atoms with Crippen molar-refractivity contribution in [3.8, 4) is 0 Å². The summed E-state index contributed by atoms with van der Waals surface area (Å²) in [5, 5.41) is 0. The van der Waals surface area contributed by atoms with E-state index in [2.05, 4.69) is 36.1 Å². The molecule has 1 aromatic rings. The zero-order valence-corrected chi connectivity index (χ0v) is 12.2. The maximum Gasteiger partial charge on any atom is 0.223 e. The van der Waals surface area contributed by atoms with Crippen molar-refractivity contribution in [3.05, 3.63) is 35.4 Å². The number of carbonyl (C=O) groups is 1. The molecule has 0 aromatic heterocycles. The number of amides is 1. The van der Waals surface area contributed by atoms with Gasteiger partial charge in [0.25, 0.3) is 0 Å². The molecule has 0 bridgehead atoms. The quantitative estimate of drug-likeness (QED) is 0.919. The van der Waals surface area contributed by atoms with Gasteiger partial charge in [-0.1, -0.05) is 42.7 Å². The number of nitrogens with two attached hydrogens (primary N) is 1. The van der Waals surface area contributed by atoms with Crippen molar-refractivity contribution in [2.24, 2.45) is 11.7 Å². The Morgan fingerprint density at radius 2 is 1.85 bits per heavy atom. The van der Waals surface area contributed by atoms with E-state index in [1.54, 1.807) is 0 Å². The number of likely N-dealkylation sites (tertiary alicyclic amines) is 1. The highest BCUT2D eigenvalue weighted by molar-refractivity contribution is 5.79. The summed E-state index contributed by atoms with van der Waals surface area (Å²) in [5.41, 5.74) is 8.80. The maximum absolute atomic E-state index is 12.2. The monoisotopic (exact) mass is 272 g/mol. The largest absolute Gasteiger partial charge is 0.339 e. The van der Waals surface area contributed by atoms with Gasteiger partial charge in [0.1, 0.15) is 0 Å². The second-order valence-electron chi connectivity index (χ2n) is 6.39. The van der Waals surface area contributed by atoms with Crippen LogP contribution < -0.4 is 5.73 Å². The van der Waals surface area contributed by atoms with Crippen LogP contribution in [-0.4, -0.2) is 23.4 Å². The van der Waals surface area contributed by atoms with E-state index in [1.165, 1.54) is 31.2 Å². The molecule has 3 heteroatoms. The summed E-state index contributed by atoms with van der Waals surface area (Å²) in [4.78, 5) is 14.3. The smallest absolute Gasteiger partial charge is 0.223 e. The van der Waals surface area contributed by atoms with Gasteiger partial charge in [0.2, 0.25) is 5.91 Å². The molecule has 1 amide bonds. The molecule has 0 spiro atoms. The SMILES string of the molecule is Cc1ccc(C(N)C2CC(=O)N(C3CCCC3)C2)cc1. The second-order valence-corrected chi connectivity index (χ2v) is 6.39. The molecule has 20 heavy (non-hydrogen) atoms. The van der Waals surface area contributed by atoms with E-state index >= 15 is 0 Å². The molecule has 2 aliphatic rings. The first kappa shape index (κ1) is 13.6. The lowest BCUT2D eigenvalue weighted by Crippen LogP contribution is -2.35. The minimum atomic E-state index is -0.0223. The van der Waals surface area contributed by atoms with Gasteiger partial charge in [0, 0.05) is 31.0 Å². The molecule has 2 unspecified atom stereocenters. The van der Waals surface area contributed by atoms with Crippen molar-refractivity contribution in [1.82, 2.24) is 4.90 Å². The summed E-state index contributed by atoms with van der Waals surface area (Å²) in [6.45, 7) is 2.93. The Kier molecular flexibility index (Phi) is 3.79. The fourth-order valence-electron chi connectivity index (χ4n) is 3.63. The Hall–Kier alpha value is -1.35. The molecule has 1 aliphatic heterocycles.